The molecule has 11 nitrogen and oxygen atoms in total. The maximum Gasteiger partial charge on any atom is 0.272 e. The van der Waals surface area contributed by atoms with Crippen molar-refractivity contribution in [2.75, 3.05) is 32.8 Å². The van der Waals surface area contributed by atoms with E-state index >= 15 is 0 Å². The molecule has 1 fully saturated rings. The molecule has 7 rings (SSSR count). The van der Waals surface area contributed by atoms with Crippen LogP contribution in [0.5, 0.6) is 11.5 Å². The van der Waals surface area contributed by atoms with Crippen LogP contribution in [0.3, 0.4) is 0 Å². The van der Waals surface area contributed by atoms with E-state index in [0.717, 1.165) is 70.6 Å². The van der Waals surface area contributed by atoms with Gasteiger partial charge in [0.25, 0.3) is 5.91 Å². The molecule has 11 heteroatoms. The van der Waals surface area contributed by atoms with Crippen molar-refractivity contribution >= 4 is 40.0 Å². The fraction of sp³-hybridized carbons (Fsp3) is 0.351. The van der Waals surface area contributed by atoms with Crippen LogP contribution < -0.4 is 20.1 Å². The normalized spacial score (nSPS) is 19.0. The third-order valence-corrected chi connectivity index (χ3v) is 9.47. The van der Waals surface area contributed by atoms with E-state index < -0.39 is 0 Å². The minimum absolute atomic E-state index is 0.0277. The zero-order valence-electron chi connectivity index (χ0n) is 27.7. The number of nitrogens with one attached hydrogen (secondary N) is 2. The first kappa shape index (κ1) is 31.4. The zero-order valence-corrected chi connectivity index (χ0v) is 27.7. The molecule has 2 amide bonds. The van der Waals surface area contributed by atoms with Gasteiger partial charge >= 0.3 is 0 Å². The van der Waals surface area contributed by atoms with E-state index in [2.05, 4.69) is 27.2 Å². The minimum Gasteiger partial charge on any atom is -0.496 e. The lowest BCUT2D eigenvalue weighted by Gasteiger charge is -2.14. The van der Waals surface area contributed by atoms with Crippen LogP contribution in [0, 0.1) is 6.92 Å². The number of ether oxygens (including phenoxy) is 3. The highest BCUT2D eigenvalue weighted by molar-refractivity contribution is 6.08. The van der Waals surface area contributed by atoms with Crippen LogP contribution in [-0.4, -0.2) is 64.2 Å². The molecular formula is C37H40N6O5. The fourth-order valence-corrected chi connectivity index (χ4v) is 7.03. The summed E-state index contributed by atoms with van der Waals surface area (Å²) in [5.74, 6) is 2.10. The molecule has 2 bridgehead atoms. The molecule has 248 valence electrons. The molecule has 1 aliphatic heterocycles. The van der Waals surface area contributed by atoms with E-state index in [1.54, 1.807) is 14.2 Å². The topological polar surface area (TPSA) is 121 Å². The van der Waals surface area contributed by atoms with E-state index in [-0.39, 0.29) is 23.8 Å². The Bertz CT molecular complexity index is 2060. The largest absolute Gasteiger partial charge is 0.496 e. The van der Waals surface area contributed by atoms with Gasteiger partial charge < -0.3 is 29.4 Å². The average molecular weight is 649 g/mol. The number of amides is 2. The van der Waals surface area contributed by atoms with Crippen molar-refractivity contribution in [3.63, 3.8) is 0 Å². The van der Waals surface area contributed by atoms with Crippen LogP contribution in [0.4, 0.5) is 5.69 Å². The van der Waals surface area contributed by atoms with Gasteiger partial charge in [0.05, 0.1) is 67.4 Å². The molecule has 0 spiro atoms. The second-order valence-electron chi connectivity index (χ2n) is 12.4. The van der Waals surface area contributed by atoms with Crippen LogP contribution in [0.25, 0.3) is 33.8 Å². The van der Waals surface area contributed by atoms with Gasteiger partial charge in [-0.3, -0.25) is 19.0 Å². The molecule has 4 heterocycles. The fourth-order valence-electron chi connectivity index (χ4n) is 7.03. The van der Waals surface area contributed by atoms with Gasteiger partial charge in [0, 0.05) is 36.4 Å². The molecule has 2 atom stereocenters. The molecule has 2 N–H and O–H groups in total. The Morgan fingerprint density at radius 1 is 1.08 bits per heavy atom. The lowest BCUT2D eigenvalue weighted by Crippen LogP contribution is -2.33. The molecule has 5 aromatic rings. The number of hydrogen-bond acceptors (Lipinski definition) is 7. The summed E-state index contributed by atoms with van der Waals surface area (Å²) in [6.45, 7) is 2.95. The Balaban J connectivity index is 1.27. The van der Waals surface area contributed by atoms with Gasteiger partial charge in [-0.1, -0.05) is 18.2 Å². The molecule has 0 radical (unpaired) electrons. The Kier molecular flexibility index (Phi) is 8.62. The van der Waals surface area contributed by atoms with E-state index in [1.807, 2.05) is 67.2 Å². The maximum absolute atomic E-state index is 13.6. The minimum atomic E-state index is -0.263. The second-order valence-corrected chi connectivity index (χ2v) is 12.4. The molecule has 3 aromatic heterocycles. The van der Waals surface area contributed by atoms with Gasteiger partial charge in [-0.2, -0.15) is 0 Å². The van der Waals surface area contributed by atoms with Gasteiger partial charge in [0.15, 0.2) is 0 Å². The molecule has 0 unspecified atom stereocenters. The number of carbonyl (C=O) groups excluding carboxylic acids is 2. The van der Waals surface area contributed by atoms with E-state index in [9.17, 15) is 9.59 Å². The quantitative estimate of drug-likeness (QED) is 0.238. The number of anilines is 1. The van der Waals surface area contributed by atoms with Crippen molar-refractivity contribution in [2.24, 2.45) is 7.05 Å². The number of aryl methyl sites for hydroxylation is 2. The van der Waals surface area contributed by atoms with Gasteiger partial charge in [-0.25, -0.2) is 4.98 Å². The molecule has 2 aliphatic rings. The highest BCUT2D eigenvalue weighted by Gasteiger charge is 2.32. The molecule has 1 saturated carbocycles. The summed E-state index contributed by atoms with van der Waals surface area (Å²) < 4.78 is 21.1. The number of nitrogens with zero attached hydrogens (tertiary/aromatic N) is 4. The van der Waals surface area contributed by atoms with Crippen molar-refractivity contribution in [1.29, 1.82) is 0 Å². The Morgan fingerprint density at radius 2 is 1.94 bits per heavy atom. The predicted octanol–water partition coefficient (Wildman–Crippen LogP) is 6.04. The lowest BCUT2D eigenvalue weighted by molar-refractivity contribution is -0.122. The first-order valence-electron chi connectivity index (χ1n) is 16.4. The lowest BCUT2D eigenvalue weighted by atomic mass is 10.1. The van der Waals surface area contributed by atoms with Crippen molar-refractivity contribution in [1.82, 2.24) is 24.3 Å². The summed E-state index contributed by atoms with van der Waals surface area (Å²) in [6, 6.07) is 13.4. The smallest absolute Gasteiger partial charge is 0.272 e. The van der Waals surface area contributed by atoms with E-state index in [4.69, 9.17) is 24.2 Å². The van der Waals surface area contributed by atoms with Crippen molar-refractivity contribution in [3.8, 4) is 22.8 Å². The molecule has 1 aliphatic carbocycles. The molecular weight excluding hydrogens is 608 g/mol. The molecule has 0 saturated heterocycles. The monoisotopic (exact) mass is 648 g/mol. The van der Waals surface area contributed by atoms with Crippen LogP contribution >= 0.6 is 0 Å². The second kappa shape index (κ2) is 13.2. The van der Waals surface area contributed by atoms with Crippen LogP contribution in [0.15, 0.2) is 54.7 Å². The van der Waals surface area contributed by atoms with Crippen molar-refractivity contribution < 1.29 is 23.8 Å². The van der Waals surface area contributed by atoms with Crippen LogP contribution in [0.2, 0.25) is 0 Å². The van der Waals surface area contributed by atoms with Gasteiger partial charge in [-0.15, -0.1) is 0 Å². The number of rotatable bonds is 5. The molecule has 2 aromatic carbocycles. The van der Waals surface area contributed by atoms with E-state index in [1.165, 1.54) is 0 Å². The number of fused-ring (bicyclic) bond motifs is 4. The number of benzene rings is 2. The molecule has 48 heavy (non-hydrogen) atoms. The first-order chi connectivity index (χ1) is 23.4. The summed E-state index contributed by atoms with van der Waals surface area (Å²) in [5, 5.41) is 7.11. The number of carbonyl (C=O) groups is 2. The van der Waals surface area contributed by atoms with E-state index in [0.29, 0.717) is 42.5 Å². The van der Waals surface area contributed by atoms with Gasteiger partial charge in [-0.05, 0) is 69.0 Å². The SMILES string of the molecule is COc1cc(-c2nc3n4c(cnc(C)c24)/C=C/CCOCCC(=O)N[C@@H]2CC[C@@H]3C2)ccc1NC(=O)c1cc2c(OC)cccc2n1C. The third kappa shape index (κ3) is 5.79. The first-order valence-corrected chi connectivity index (χ1v) is 16.4. The summed E-state index contributed by atoms with van der Waals surface area (Å²) in [4.78, 5) is 36.2. The Morgan fingerprint density at radius 3 is 2.77 bits per heavy atom. The number of aromatic nitrogens is 4. The standard InChI is InChI=1S/C37H40N6O5/c1-22-35-34(41-36-24-11-13-25(18-24)39-33(44)15-17-48-16-6-5-8-26(21-38-22)43(35)36)23-12-14-28(32(19-23)47-4)40-37(45)30-20-27-29(42(30)2)9-7-10-31(27)46-3/h5,7-10,12,14,19-21,24-25H,6,11,13,15-18H2,1-4H3,(H,39,44)(H,40,45)/b8-5+/t24-,25-/m1/s1. The third-order valence-electron chi connectivity index (χ3n) is 9.47. The van der Waals surface area contributed by atoms with Gasteiger partial charge in [0.1, 0.15) is 23.0 Å². The Hall–Kier alpha value is -5.16. The summed E-state index contributed by atoms with van der Waals surface area (Å²) in [7, 11) is 5.08. The highest BCUT2D eigenvalue weighted by Crippen LogP contribution is 2.40. The predicted molar refractivity (Wildman–Crippen MR) is 185 cm³/mol. The number of hydrogen-bond donors (Lipinski definition) is 2. The highest BCUT2D eigenvalue weighted by atomic mass is 16.5. The van der Waals surface area contributed by atoms with Crippen molar-refractivity contribution in [2.45, 2.75) is 51.0 Å². The average Bonchev–Trinajstić information content (AvgIpc) is 3.81. The van der Waals surface area contributed by atoms with Crippen LogP contribution in [0.1, 0.15) is 65.7 Å². The van der Waals surface area contributed by atoms with Crippen molar-refractivity contribution in [3.05, 3.63) is 77.6 Å². The summed E-state index contributed by atoms with van der Waals surface area (Å²) in [6.07, 6.45) is 9.75. The maximum atomic E-state index is 13.6. The van der Waals surface area contributed by atoms with Crippen LogP contribution in [-0.2, 0) is 16.6 Å². The number of methoxy groups -OCH3 is 2. The zero-order chi connectivity index (χ0) is 33.4. The Labute approximate surface area is 278 Å². The number of imidazole rings is 1. The van der Waals surface area contributed by atoms with Gasteiger partial charge in [0.2, 0.25) is 5.91 Å². The summed E-state index contributed by atoms with van der Waals surface area (Å²) in [5.41, 5.74) is 6.29. The summed E-state index contributed by atoms with van der Waals surface area (Å²) >= 11 is 0.